The molecule has 2 rings (SSSR count). The van der Waals surface area contributed by atoms with Gasteiger partial charge in [-0.3, -0.25) is 10.1 Å². The van der Waals surface area contributed by atoms with Crippen LogP contribution >= 0.6 is 0 Å². The van der Waals surface area contributed by atoms with Crippen LogP contribution in [0.3, 0.4) is 0 Å². The molecule has 0 aliphatic heterocycles. The van der Waals surface area contributed by atoms with E-state index in [9.17, 15) is 26.3 Å². The molecule has 2 heterocycles. The number of hydrogen-bond acceptors (Lipinski definition) is 2. The number of nitrogens with one attached hydrogen (secondary N) is 1. The van der Waals surface area contributed by atoms with Gasteiger partial charge < -0.3 is 0 Å². The van der Waals surface area contributed by atoms with E-state index >= 15 is 0 Å². The van der Waals surface area contributed by atoms with E-state index in [4.69, 9.17) is 0 Å². The number of hydrogen-bond donors (Lipinski definition) is 1. The van der Waals surface area contributed by atoms with E-state index in [1.807, 2.05) is 5.10 Å². The van der Waals surface area contributed by atoms with Crippen LogP contribution in [0.2, 0.25) is 0 Å². The zero-order chi connectivity index (χ0) is 14.3. The maximum absolute atomic E-state index is 12.4. The first-order valence-electron chi connectivity index (χ1n) is 4.84. The van der Waals surface area contributed by atoms with Crippen molar-refractivity contribution >= 4 is 0 Å². The van der Waals surface area contributed by atoms with Crippen molar-refractivity contribution in [3.8, 4) is 11.4 Å². The molecule has 0 radical (unpaired) electrons. The summed E-state index contributed by atoms with van der Waals surface area (Å²) in [5, 5.41) is 4.99. The van der Waals surface area contributed by atoms with Crippen LogP contribution in [-0.2, 0) is 12.4 Å². The van der Waals surface area contributed by atoms with Gasteiger partial charge in [-0.15, -0.1) is 0 Å². The van der Waals surface area contributed by atoms with Crippen molar-refractivity contribution in [1.82, 2.24) is 15.2 Å². The highest BCUT2D eigenvalue weighted by Gasteiger charge is 2.34. The first-order valence-corrected chi connectivity index (χ1v) is 4.84. The molecule has 9 heteroatoms. The Morgan fingerprint density at radius 3 is 2.16 bits per heavy atom. The van der Waals surface area contributed by atoms with Gasteiger partial charge in [0.15, 0.2) is 5.69 Å². The van der Waals surface area contributed by atoms with E-state index in [0.717, 1.165) is 12.3 Å². The van der Waals surface area contributed by atoms with Gasteiger partial charge >= 0.3 is 12.4 Å². The number of rotatable bonds is 1. The van der Waals surface area contributed by atoms with Gasteiger partial charge in [-0.05, 0) is 18.2 Å². The van der Waals surface area contributed by atoms with Crippen LogP contribution in [0.25, 0.3) is 11.4 Å². The molecule has 0 fully saturated rings. The lowest BCUT2D eigenvalue weighted by Gasteiger charge is -2.06. The van der Waals surface area contributed by atoms with E-state index in [1.165, 1.54) is 0 Å². The van der Waals surface area contributed by atoms with Gasteiger partial charge in [0.2, 0.25) is 0 Å². The topological polar surface area (TPSA) is 41.6 Å². The second-order valence-corrected chi connectivity index (χ2v) is 3.59. The van der Waals surface area contributed by atoms with E-state index in [2.05, 4.69) is 10.1 Å². The zero-order valence-corrected chi connectivity index (χ0v) is 8.97. The number of pyridine rings is 1. The number of halogens is 6. The minimum Gasteiger partial charge on any atom is -0.276 e. The molecule has 1 N–H and O–H groups in total. The minimum absolute atomic E-state index is 0.238. The van der Waals surface area contributed by atoms with Crippen LogP contribution in [-0.4, -0.2) is 15.2 Å². The fraction of sp³-hybridized carbons (Fsp3) is 0.200. The molecular formula is C10H5F6N3. The fourth-order valence-electron chi connectivity index (χ4n) is 1.35. The predicted octanol–water partition coefficient (Wildman–Crippen LogP) is 3.51. The molecule has 2 aromatic heterocycles. The summed E-state index contributed by atoms with van der Waals surface area (Å²) >= 11 is 0. The quantitative estimate of drug-likeness (QED) is 0.813. The molecule has 0 amide bonds. The van der Waals surface area contributed by atoms with Gasteiger partial charge in [0.25, 0.3) is 0 Å². The second kappa shape index (κ2) is 4.25. The average Bonchev–Trinajstić information content (AvgIpc) is 2.77. The molecule has 102 valence electrons. The highest BCUT2D eigenvalue weighted by atomic mass is 19.4. The minimum atomic E-state index is -4.67. The lowest BCUT2D eigenvalue weighted by atomic mass is 10.2. The Labute approximate surface area is 102 Å². The summed E-state index contributed by atoms with van der Waals surface area (Å²) in [4.78, 5) is 3.58. The molecule has 0 spiro atoms. The number of alkyl halides is 6. The fourth-order valence-corrected chi connectivity index (χ4v) is 1.35. The summed E-state index contributed by atoms with van der Waals surface area (Å²) in [6.07, 6.45) is -8.40. The van der Waals surface area contributed by atoms with E-state index in [0.29, 0.717) is 12.1 Å². The molecule has 0 aliphatic rings. The van der Waals surface area contributed by atoms with Crippen LogP contribution in [0, 0.1) is 0 Å². The third-order valence-electron chi connectivity index (χ3n) is 2.23. The van der Waals surface area contributed by atoms with Crippen molar-refractivity contribution in [3.05, 3.63) is 35.7 Å². The maximum atomic E-state index is 12.4. The number of aromatic nitrogens is 3. The Kier molecular flexibility index (Phi) is 2.99. The lowest BCUT2D eigenvalue weighted by Crippen LogP contribution is -2.05. The predicted molar refractivity (Wildman–Crippen MR) is 51.8 cm³/mol. The SMILES string of the molecule is FC(F)(F)c1ccnc(-c2cc(C(F)(F)F)n[nH]2)c1. The molecule has 0 unspecified atom stereocenters. The monoisotopic (exact) mass is 281 g/mol. The summed E-state index contributed by atoms with van der Waals surface area (Å²) in [7, 11) is 0. The molecule has 0 atom stereocenters. The third kappa shape index (κ3) is 2.85. The molecule has 0 aliphatic carbocycles. The van der Waals surface area contributed by atoms with E-state index in [1.54, 1.807) is 0 Å². The highest BCUT2D eigenvalue weighted by molar-refractivity contribution is 5.55. The third-order valence-corrected chi connectivity index (χ3v) is 2.23. The summed E-state index contributed by atoms with van der Waals surface area (Å²) in [6, 6.07) is 1.97. The van der Waals surface area contributed by atoms with Gasteiger partial charge in [0.05, 0.1) is 17.0 Å². The molecule has 0 saturated carbocycles. The van der Waals surface area contributed by atoms with Gasteiger partial charge in [0, 0.05) is 6.20 Å². The Bertz CT molecular complexity index is 583. The molecule has 19 heavy (non-hydrogen) atoms. The number of nitrogens with zero attached hydrogens (tertiary/aromatic N) is 2. The van der Waals surface area contributed by atoms with Crippen molar-refractivity contribution < 1.29 is 26.3 Å². The molecule has 2 aromatic rings. The van der Waals surface area contributed by atoms with E-state index in [-0.39, 0.29) is 11.4 Å². The average molecular weight is 281 g/mol. The summed E-state index contributed by atoms with van der Waals surface area (Å²) in [6.45, 7) is 0. The van der Waals surface area contributed by atoms with E-state index < -0.39 is 23.6 Å². The standard InChI is InChI=1S/C10H5F6N3/c11-9(12,13)5-1-2-17-6(3-5)7-4-8(19-18-7)10(14,15)16/h1-4H,(H,18,19). The van der Waals surface area contributed by atoms with Crippen LogP contribution < -0.4 is 0 Å². The normalized spacial score (nSPS) is 12.7. The van der Waals surface area contributed by atoms with Crippen molar-refractivity contribution in [3.63, 3.8) is 0 Å². The first-order chi connectivity index (χ1) is 8.68. The first kappa shape index (κ1) is 13.4. The van der Waals surface area contributed by atoms with Gasteiger partial charge in [-0.2, -0.15) is 31.4 Å². The molecule has 3 nitrogen and oxygen atoms in total. The van der Waals surface area contributed by atoms with Crippen LogP contribution in [0.4, 0.5) is 26.3 Å². The Balaban J connectivity index is 2.40. The van der Waals surface area contributed by atoms with Crippen LogP contribution in [0.1, 0.15) is 11.3 Å². The van der Waals surface area contributed by atoms with Gasteiger partial charge in [-0.1, -0.05) is 0 Å². The Morgan fingerprint density at radius 2 is 1.63 bits per heavy atom. The smallest absolute Gasteiger partial charge is 0.276 e. The number of aromatic amines is 1. The maximum Gasteiger partial charge on any atom is 0.435 e. The van der Waals surface area contributed by atoms with Crippen molar-refractivity contribution in [2.45, 2.75) is 12.4 Å². The van der Waals surface area contributed by atoms with Gasteiger partial charge in [0.1, 0.15) is 0 Å². The number of H-pyrrole nitrogens is 1. The second-order valence-electron chi connectivity index (χ2n) is 3.59. The molecule has 0 aromatic carbocycles. The van der Waals surface area contributed by atoms with Crippen LogP contribution in [0.5, 0.6) is 0 Å². The summed E-state index contributed by atoms with van der Waals surface area (Å²) < 4.78 is 74.2. The van der Waals surface area contributed by atoms with Gasteiger partial charge in [-0.25, -0.2) is 0 Å². The van der Waals surface area contributed by atoms with Crippen molar-refractivity contribution in [2.75, 3.05) is 0 Å². The zero-order valence-electron chi connectivity index (χ0n) is 8.97. The highest BCUT2D eigenvalue weighted by Crippen LogP contribution is 2.32. The lowest BCUT2D eigenvalue weighted by molar-refractivity contribution is -0.141. The summed E-state index contributed by atoms with van der Waals surface area (Å²) in [5.41, 5.74) is -2.72. The van der Waals surface area contributed by atoms with Crippen molar-refractivity contribution in [1.29, 1.82) is 0 Å². The molecule has 0 bridgehead atoms. The van der Waals surface area contributed by atoms with Crippen LogP contribution in [0.15, 0.2) is 24.4 Å². The molecular weight excluding hydrogens is 276 g/mol. The molecule has 0 saturated heterocycles. The summed E-state index contributed by atoms with van der Waals surface area (Å²) in [5.74, 6) is 0. The van der Waals surface area contributed by atoms with Crippen molar-refractivity contribution in [2.24, 2.45) is 0 Å². The Morgan fingerprint density at radius 1 is 0.947 bits per heavy atom. The largest absolute Gasteiger partial charge is 0.435 e. The Hall–Kier alpha value is -2.06.